The van der Waals surface area contributed by atoms with E-state index in [9.17, 15) is 0 Å². The third-order valence-electron chi connectivity index (χ3n) is 5.89. The number of nitrogens with zero attached hydrogens (tertiary/aromatic N) is 3. The molecule has 2 aromatic carbocycles. The van der Waals surface area contributed by atoms with Crippen LogP contribution in [0.25, 0.3) is 5.32 Å². The van der Waals surface area contributed by atoms with Crippen molar-refractivity contribution in [3.05, 3.63) is 63.0 Å². The summed E-state index contributed by atoms with van der Waals surface area (Å²) in [5.74, 6) is 0. The van der Waals surface area contributed by atoms with Gasteiger partial charge >= 0.3 is 33.3 Å². The van der Waals surface area contributed by atoms with Crippen LogP contribution in [0.1, 0.15) is 60.1 Å². The Morgan fingerprint density at radius 1 is 0.719 bits per heavy atom. The summed E-state index contributed by atoms with van der Waals surface area (Å²) in [6.07, 6.45) is 2.09. The van der Waals surface area contributed by atoms with E-state index in [1.54, 1.807) is 0 Å². The first-order chi connectivity index (χ1) is 15.1. The molecule has 1 fully saturated rings. The molecule has 2 atom stereocenters. The third-order valence-corrected chi connectivity index (χ3v) is 5.89. The van der Waals surface area contributed by atoms with E-state index in [1.165, 1.54) is 33.4 Å². The molecule has 3 nitrogen and oxygen atoms in total. The van der Waals surface area contributed by atoms with E-state index in [-0.39, 0.29) is 25.2 Å². The van der Waals surface area contributed by atoms with Crippen molar-refractivity contribution in [2.45, 2.75) is 80.3 Å². The molecular formula is C26H34Cl2FeN3. The minimum absolute atomic E-state index is 0.186. The first kappa shape index (κ1) is 27.1. The van der Waals surface area contributed by atoms with E-state index < -0.39 is 0 Å². The quantitative estimate of drug-likeness (QED) is 0.289. The van der Waals surface area contributed by atoms with Crippen molar-refractivity contribution in [1.29, 1.82) is 0 Å². The fraction of sp³-hybridized carbons (Fsp3) is 0.462. The second-order valence-corrected chi connectivity index (χ2v) is 10.6. The van der Waals surface area contributed by atoms with Crippen molar-refractivity contribution < 1.29 is 13.1 Å². The van der Waals surface area contributed by atoms with Gasteiger partial charge in [0, 0.05) is 0 Å². The van der Waals surface area contributed by atoms with E-state index in [1.807, 2.05) is 0 Å². The molecule has 2 aromatic rings. The standard InChI is InChI=1S/C26H34N3.2ClH.Fe/c1-15-11-17(3)25(18(4)12-15)27-21(7)23-9-10-24(29-23)22(8)28-26-19(5)13-16(2)14-20(26)6;;;/h11-14,23-24H,9-10H2,1-8H3;2*1H;/q-1;;;+3/p-2. The van der Waals surface area contributed by atoms with Gasteiger partial charge in [-0.2, -0.15) is 0 Å². The van der Waals surface area contributed by atoms with Gasteiger partial charge in [-0.15, -0.1) is 0 Å². The number of hydrogen-bond acceptors (Lipinski definition) is 2. The third kappa shape index (κ3) is 7.17. The van der Waals surface area contributed by atoms with Gasteiger partial charge in [0.2, 0.25) is 0 Å². The first-order valence-electron chi connectivity index (χ1n) is 10.9. The number of aryl methyl sites for hydroxylation is 6. The molecule has 1 heterocycles. The Labute approximate surface area is 208 Å². The minimum atomic E-state index is 0.186. The predicted molar refractivity (Wildman–Crippen MR) is 139 cm³/mol. The van der Waals surface area contributed by atoms with Crippen LogP contribution in [-0.4, -0.2) is 23.5 Å². The molecule has 0 saturated carbocycles. The fourth-order valence-corrected chi connectivity index (χ4v) is 4.51. The Hall–Kier alpha value is -1.16. The zero-order valence-electron chi connectivity index (χ0n) is 20.3. The number of hydrogen-bond donors (Lipinski definition) is 0. The average Bonchev–Trinajstić information content (AvgIpc) is 3.18. The van der Waals surface area contributed by atoms with Crippen LogP contribution < -0.4 is 0 Å². The maximum absolute atomic E-state index is 5.07. The molecular weight excluding hydrogens is 481 g/mol. The van der Waals surface area contributed by atoms with E-state index in [4.69, 9.17) is 35.5 Å². The molecule has 6 heteroatoms. The van der Waals surface area contributed by atoms with Crippen molar-refractivity contribution in [2.75, 3.05) is 0 Å². The summed E-state index contributed by atoms with van der Waals surface area (Å²) < 4.78 is 0. The summed E-state index contributed by atoms with van der Waals surface area (Å²) in [4.78, 5) is 9.96. The van der Waals surface area contributed by atoms with Crippen LogP contribution in [0.2, 0.25) is 0 Å². The van der Waals surface area contributed by atoms with Crippen molar-refractivity contribution in [1.82, 2.24) is 0 Å². The van der Waals surface area contributed by atoms with Crippen molar-refractivity contribution in [3.63, 3.8) is 0 Å². The number of halogens is 2. The zero-order chi connectivity index (χ0) is 24.0. The van der Waals surface area contributed by atoms with E-state index in [2.05, 4.69) is 79.7 Å². The molecule has 0 aliphatic carbocycles. The molecule has 32 heavy (non-hydrogen) atoms. The van der Waals surface area contributed by atoms with Gasteiger partial charge in [0.05, 0.1) is 11.4 Å². The van der Waals surface area contributed by atoms with Crippen LogP contribution in [0.4, 0.5) is 11.4 Å². The molecule has 2 unspecified atom stereocenters. The summed E-state index contributed by atoms with van der Waals surface area (Å²) in [7, 11) is 9.53. The molecule has 0 bridgehead atoms. The monoisotopic (exact) mass is 514 g/mol. The summed E-state index contributed by atoms with van der Waals surface area (Å²) >= 11 is 0.194. The molecule has 175 valence electrons. The predicted octanol–water partition coefficient (Wildman–Crippen LogP) is 8.70. The zero-order valence-corrected chi connectivity index (χ0v) is 22.9. The van der Waals surface area contributed by atoms with Crippen molar-refractivity contribution in [2.24, 2.45) is 9.98 Å². The summed E-state index contributed by atoms with van der Waals surface area (Å²) in [5, 5.41) is 5.07. The molecule has 0 aromatic heterocycles. The van der Waals surface area contributed by atoms with Gasteiger partial charge in [0.1, 0.15) is 0 Å². The Kier molecular flexibility index (Phi) is 10.4. The summed E-state index contributed by atoms with van der Waals surface area (Å²) in [6.45, 7) is 17.1. The first-order valence-corrected chi connectivity index (χ1v) is 13.9. The molecule has 1 aliphatic rings. The fourth-order valence-electron chi connectivity index (χ4n) is 4.51. The van der Waals surface area contributed by atoms with Gasteiger partial charge in [0.25, 0.3) is 0 Å². The van der Waals surface area contributed by atoms with Crippen LogP contribution in [-0.2, 0) is 13.1 Å². The SMILES string of the molecule is CC(=Nc1c(C)cc(C)cc1C)C1CCC(C(C)=Nc2c(C)cc(C)cc2C)[N-]1.[Cl][Fe+][Cl]. The Bertz CT molecular complexity index is 889. The second kappa shape index (κ2) is 12.3. The Morgan fingerprint density at radius 2 is 1.00 bits per heavy atom. The van der Waals surface area contributed by atoms with Crippen LogP contribution >= 0.6 is 20.2 Å². The van der Waals surface area contributed by atoms with Gasteiger partial charge < -0.3 is 5.32 Å². The van der Waals surface area contributed by atoms with Crippen LogP contribution in [0.3, 0.4) is 0 Å². The van der Waals surface area contributed by atoms with Crippen LogP contribution in [0.15, 0.2) is 34.3 Å². The van der Waals surface area contributed by atoms with Crippen LogP contribution in [0.5, 0.6) is 0 Å². The Balaban J connectivity index is 0.00000114. The van der Waals surface area contributed by atoms with Crippen LogP contribution in [0, 0.1) is 41.5 Å². The van der Waals surface area contributed by atoms with Gasteiger partial charge in [-0.3, -0.25) is 9.98 Å². The number of rotatable bonds is 4. The summed E-state index contributed by atoms with van der Waals surface area (Å²) in [6, 6.07) is 9.19. The average molecular weight is 515 g/mol. The van der Waals surface area contributed by atoms with Gasteiger partial charge in [-0.05, 0) is 89.1 Å². The Morgan fingerprint density at radius 3 is 1.28 bits per heavy atom. The van der Waals surface area contributed by atoms with E-state index >= 15 is 0 Å². The number of aliphatic imine (C=N–C) groups is 2. The van der Waals surface area contributed by atoms with Gasteiger partial charge in [-0.25, -0.2) is 0 Å². The van der Waals surface area contributed by atoms with Gasteiger partial charge in [0.15, 0.2) is 0 Å². The van der Waals surface area contributed by atoms with E-state index in [0.29, 0.717) is 0 Å². The maximum atomic E-state index is 5.07. The van der Waals surface area contributed by atoms with Crippen molar-refractivity contribution in [3.8, 4) is 0 Å². The molecule has 3 rings (SSSR count). The van der Waals surface area contributed by atoms with E-state index in [0.717, 1.165) is 35.6 Å². The molecule has 1 saturated heterocycles. The second-order valence-electron chi connectivity index (χ2n) is 8.81. The molecule has 0 radical (unpaired) electrons. The van der Waals surface area contributed by atoms with Gasteiger partial charge in [-0.1, -0.05) is 60.3 Å². The summed E-state index contributed by atoms with van der Waals surface area (Å²) in [5.41, 5.74) is 11.9. The molecule has 0 spiro atoms. The topological polar surface area (TPSA) is 38.8 Å². The molecule has 1 aliphatic heterocycles. The van der Waals surface area contributed by atoms with Crippen molar-refractivity contribution >= 4 is 43.0 Å². The molecule has 0 N–H and O–H groups in total. The number of benzene rings is 2. The molecule has 0 amide bonds. The normalized spacial score (nSPS) is 19.1.